The van der Waals surface area contributed by atoms with E-state index in [1.54, 1.807) is 31.2 Å². The van der Waals surface area contributed by atoms with Crippen molar-refractivity contribution in [3.8, 4) is 17.2 Å². The van der Waals surface area contributed by atoms with E-state index in [1.165, 1.54) is 6.07 Å². The molecule has 4 rings (SSSR count). The van der Waals surface area contributed by atoms with Crippen LogP contribution >= 0.6 is 0 Å². The summed E-state index contributed by atoms with van der Waals surface area (Å²) in [5.74, 6) is -0.741. The van der Waals surface area contributed by atoms with Crippen LogP contribution in [-0.4, -0.2) is 55.2 Å². The van der Waals surface area contributed by atoms with Gasteiger partial charge in [0.05, 0.1) is 18.8 Å². The molecule has 3 N–H and O–H groups in total. The van der Waals surface area contributed by atoms with Gasteiger partial charge in [0.25, 0.3) is 5.91 Å². The average molecular weight is 467 g/mol. The molecule has 1 fully saturated rings. The molecule has 9 heteroatoms. The summed E-state index contributed by atoms with van der Waals surface area (Å²) in [7, 11) is 0. The number of nitrogens with zero attached hydrogens (tertiary/aromatic N) is 2. The first-order valence-electron chi connectivity index (χ1n) is 11.0. The molecule has 0 bridgehead atoms. The molecule has 1 aromatic heterocycles. The lowest BCUT2D eigenvalue weighted by Crippen LogP contribution is -2.38. The van der Waals surface area contributed by atoms with Gasteiger partial charge in [-0.15, -0.1) is 0 Å². The molecule has 0 radical (unpaired) electrons. The quantitative estimate of drug-likeness (QED) is 0.490. The topological polar surface area (TPSA) is 103 Å². The van der Waals surface area contributed by atoms with Gasteiger partial charge in [0.2, 0.25) is 11.8 Å². The molecule has 1 aliphatic heterocycles. The Morgan fingerprint density at radius 1 is 1.26 bits per heavy atom. The monoisotopic (exact) mass is 466 g/mol. The summed E-state index contributed by atoms with van der Waals surface area (Å²) in [6.07, 6.45) is 0. The zero-order valence-electron chi connectivity index (χ0n) is 19.0. The number of benzene rings is 2. The summed E-state index contributed by atoms with van der Waals surface area (Å²) in [6, 6.07) is 11.8. The minimum Gasteiger partial charge on any atom is -0.492 e. The van der Waals surface area contributed by atoms with Crippen LogP contribution in [0.2, 0.25) is 0 Å². The number of nitrogens with one attached hydrogen (secondary N) is 1. The largest absolute Gasteiger partial charge is 0.492 e. The number of aromatic nitrogens is 1. The van der Waals surface area contributed by atoms with Crippen LogP contribution in [0.25, 0.3) is 17.0 Å². The van der Waals surface area contributed by atoms with E-state index in [-0.39, 0.29) is 23.0 Å². The van der Waals surface area contributed by atoms with Crippen LogP contribution in [0.3, 0.4) is 0 Å². The predicted octanol–water partition coefficient (Wildman–Crippen LogP) is 4.07. The summed E-state index contributed by atoms with van der Waals surface area (Å²) in [5.41, 5.74) is 7.25. The molecule has 0 unspecified atom stereocenters. The number of hydrogen-bond acceptors (Lipinski definition) is 7. The predicted molar refractivity (Wildman–Crippen MR) is 128 cm³/mol. The second kappa shape index (κ2) is 10.5. The SMILES string of the molecule is C=C(C)c1cccc(F)c1-c1nc(C(N)=O)c(Nc2cccc(OCCN3CCOCC3)c2)o1. The Hall–Kier alpha value is -3.69. The highest BCUT2D eigenvalue weighted by Gasteiger charge is 2.23. The Balaban J connectivity index is 1.53. The number of allylic oxidation sites excluding steroid dienone is 1. The number of carbonyl (C=O) groups excluding carboxylic acids is 1. The highest BCUT2D eigenvalue weighted by molar-refractivity contribution is 5.96. The van der Waals surface area contributed by atoms with Crippen molar-refractivity contribution >= 4 is 23.1 Å². The van der Waals surface area contributed by atoms with Crippen LogP contribution in [-0.2, 0) is 4.74 Å². The molecule has 1 amide bonds. The first-order valence-corrected chi connectivity index (χ1v) is 11.0. The van der Waals surface area contributed by atoms with Gasteiger partial charge in [0.1, 0.15) is 18.2 Å². The third kappa shape index (κ3) is 5.44. The molecule has 0 aliphatic carbocycles. The maximum atomic E-state index is 14.7. The lowest BCUT2D eigenvalue weighted by molar-refractivity contribution is 0.0322. The van der Waals surface area contributed by atoms with Crippen molar-refractivity contribution in [1.29, 1.82) is 0 Å². The van der Waals surface area contributed by atoms with Crippen molar-refractivity contribution in [3.05, 3.63) is 66.1 Å². The lowest BCUT2D eigenvalue weighted by Gasteiger charge is -2.26. The Kier molecular flexibility index (Phi) is 7.24. The molecular weight excluding hydrogens is 439 g/mol. The first kappa shape index (κ1) is 23.5. The molecule has 34 heavy (non-hydrogen) atoms. The number of morpholine rings is 1. The molecule has 1 saturated heterocycles. The van der Waals surface area contributed by atoms with E-state index in [0.29, 0.717) is 29.2 Å². The van der Waals surface area contributed by atoms with E-state index in [1.807, 2.05) is 12.1 Å². The Morgan fingerprint density at radius 2 is 2.03 bits per heavy atom. The normalized spacial score (nSPS) is 14.1. The van der Waals surface area contributed by atoms with Gasteiger partial charge in [-0.1, -0.05) is 30.4 Å². The van der Waals surface area contributed by atoms with E-state index in [9.17, 15) is 9.18 Å². The Morgan fingerprint density at radius 3 is 2.76 bits per heavy atom. The first-order chi connectivity index (χ1) is 16.4. The second-order valence-electron chi connectivity index (χ2n) is 7.96. The molecule has 0 saturated carbocycles. The second-order valence-corrected chi connectivity index (χ2v) is 7.96. The van der Waals surface area contributed by atoms with Gasteiger partial charge in [-0.3, -0.25) is 9.69 Å². The summed E-state index contributed by atoms with van der Waals surface area (Å²) >= 11 is 0. The van der Waals surface area contributed by atoms with Crippen molar-refractivity contribution in [2.75, 3.05) is 44.8 Å². The maximum Gasteiger partial charge on any atom is 0.273 e. The Labute approximate surface area is 197 Å². The van der Waals surface area contributed by atoms with Crippen molar-refractivity contribution in [3.63, 3.8) is 0 Å². The van der Waals surface area contributed by atoms with E-state index >= 15 is 0 Å². The van der Waals surface area contributed by atoms with Crippen LogP contribution in [0.4, 0.5) is 16.0 Å². The van der Waals surface area contributed by atoms with Gasteiger partial charge in [0, 0.05) is 31.4 Å². The number of nitrogens with two attached hydrogens (primary N) is 1. The van der Waals surface area contributed by atoms with Crippen molar-refractivity contribution < 1.29 is 23.1 Å². The standard InChI is InChI=1S/C25H27FN4O4/c1-16(2)19-7-4-8-20(26)21(19)24-29-22(23(27)31)25(34-24)28-17-5-3-6-18(15-17)33-14-11-30-9-12-32-13-10-30/h3-8,15,28H,1,9-14H2,2H3,(H2,27,31). The molecule has 3 aromatic rings. The maximum absolute atomic E-state index is 14.7. The van der Waals surface area contributed by atoms with Crippen LogP contribution in [0, 0.1) is 5.82 Å². The number of oxazole rings is 1. The van der Waals surface area contributed by atoms with Gasteiger partial charge in [-0.25, -0.2) is 9.37 Å². The van der Waals surface area contributed by atoms with Crippen molar-refractivity contribution in [2.45, 2.75) is 6.92 Å². The van der Waals surface area contributed by atoms with E-state index in [4.69, 9.17) is 19.6 Å². The number of rotatable bonds is 9. The zero-order valence-corrected chi connectivity index (χ0v) is 19.0. The fourth-order valence-electron chi connectivity index (χ4n) is 3.69. The van der Waals surface area contributed by atoms with Crippen molar-refractivity contribution in [1.82, 2.24) is 9.88 Å². The highest BCUT2D eigenvalue weighted by atomic mass is 19.1. The third-order valence-electron chi connectivity index (χ3n) is 5.42. The number of anilines is 2. The zero-order chi connectivity index (χ0) is 24.1. The van der Waals surface area contributed by atoms with E-state index < -0.39 is 11.7 Å². The van der Waals surface area contributed by atoms with Gasteiger partial charge in [-0.2, -0.15) is 0 Å². The molecule has 1 aliphatic rings. The fraction of sp³-hybridized carbons (Fsp3) is 0.280. The molecule has 2 heterocycles. The van der Waals surface area contributed by atoms with Gasteiger partial charge in [-0.05, 0) is 30.7 Å². The minimum atomic E-state index is -0.802. The number of halogens is 1. The van der Waals surface area contributed by atoms with Gasteiger partial charge in [0.15, 0.2) is 5.69 Å². The number of primary amides is 1. The minimum absolute atomic E-state index is 0.0175. The smallest absolute Gasteiger partial charge is 0.273 e. The number of hydrogen-bond donors (Lipinski definition) is 2. The highest BCUT2D eigenvalue weighted by Crippen LogP contribution is 2.34. The summed E-state index contributed by atoms with van der Waals surface area (Å²) in [4.78, 5) is 18.5. The van der Waals surface area contributed by atoms with Crippen LogP contribution in [0.5, 0.6) is 5.75 Å². The van der Waals surface area contributed by atoms with Crippen LogP contribution in [0.15, 0.2) is 53.5 Å². The molecule has 2 aromatic carbocycles. The summed E-state index contributed by atoms with van der Waals surface area (Å²) in [6.45, 7) is 10.2. The molecular formula is C25H27FN4O4. The van der Waals surface area contributed by atoms with Crippen molar-refractivity contribution in [2.24, 2.45) is 5.73 Å². The van der Waals surface area contributed by atoms with Crippen LogP contribution < -0.4 is 15.8 Å². The number of ether oxygens (including phenoxy) is 2. The fourth-order valence-corrected chi connectivity index (χ4v) is 3.69. The summed E-state index contributed by atoms with van der Waals surface area (Å²) < 4.78 is 31.7. The van der Waals surface area contributed by atoms with E-state index in [0.717, 1.165) is 32.8 Å². The van der Waals surface area contributed by atoms with E-state index in [2.05, 4.69) is 21.8 Å². The van der Waals surface area contributed by atoms with Gasteiger partial charge >= 0.3 is 0 Å². The number of amides is 1. The van der Waals surface area contributed by atoms with Gasteiger partial charge < -0.3 is 24.9 Å². The number of carbonyl (C=O) groups is 1. The molecule has 8 nitrogen and oxygen atoms in total. The molecule has 0 atom stereocenters. The van der Waals surface area contributed by atoms with Crippen LogP contribution in [0.1, 0.15) is 23.0 Å². The molecule has 0 spiro atoms. The summed E-state index contributed by atoms with van der Waals surface area (Å²) in [5, 5.41) is 3.01. The average Bonchev–Trinajstić information content (AvgIpc) is 3.23. The third-order valence-corrected chi connectivity index (χ3v) is 5.42. The lowest BCUT2D eigenvalue weighted by atomic mass is 10.0. The molecule has 178 valence electrons. The Bertz CT molecular complexity index is 1190.